The van der Waals surface area contributed by atoms with Gasteiger partial charge in [-0.1, -0.05) is 30.3 Å². The van der Waals surface area contributed by atoms with Crippen molar-refractivity contribution in [1.82, 2.24) is 9.88 Å². The van der Waals surface area contributed by atoms with Crippen LogP contribution in [0.5, 0.6) is 0 Å². The minimum Gasteiger partial charge on any atom is -0.373 e. The smallest absolute Gasteiger partial charge is 0.254 e. The van der Waals surface area contributed by atoms with Gasteiger partial charge in [0.15, 0.2) is 0 Å². The highest BCUT2D eigenvalue weighted by Gasteiger charge is 2.24. The van der Waals surface area contributed by atoms with E-state index in [0.29, 0.717) is 12.2 Å². The van der Waals surface area contributed by atoms with Crippen LogP contribution in [0.4, 0.5) is 5.82 Å². The number of likely N-dealkylation sites (tertiary alicyclic amines) is 1. The molecule has 0 radical (unpaired) electrons. The largest absolute Gasteiger partial charge is 0.373 e. The Balaban J connectivity index is 1.50. The third-order valence-electron chi connectivity index (χ3n) is 4.42. The highest BCUT2D eigenvalue weighted by atomic mass is 16.5. The summed E-state index contributed by atoms with van der Waals surface area (Å²) in [7, 11) is 0. The Labute approximate surface area is 149 Å². The van der Waals surface area contributed by atoms with Gasteiger partial charge in [-0.15, -0.1) is 0 Å². The minimum atomic E-state index is 0.0723. The molecule has 1 aromatic carbocycles. The number of hydrogen-bond acceptors (Lipinski definition) is 4. The molecule has 1 amide bonds. The van der Waals surface area contributed by atoms with Crippen molar-refractivity contribution in [3.05, 3.63) is 59.8 Å². The Kier molecular flexibility index (Phi) is 6.01. The molecule has 1 aromatic heterocycles. The third kappa shape index (κ3) is 4.79. The summed E-state index contributed by atoms with van der Waals surface area (Å²) in [5.41, 5.74) is 1.88. The fourth-order valence-electron chi connectivity index (χ4n) is 3.04. The zero-order valence-electron chi connectivity index (χ0n) is 14.6. The van der Waals surface area contributed by atoms with Gasteiger partial charge in [-0.2, -0.15) is 0 Å². The molecule has 132 valence electrons. The molecule has 0 aliphatic carbocycles. The highest BCUT2D eigenvalue weighted by molar-refractivity contribution is 5.94. The summed E-state index contributed by atoms with van der Waals surface area (Å²) in [6, 6.07) is 13.8. The van der Waals surface area contributed by atoms with Gasteiger partial charge >= 0.3 is 0 Å². The number of aromatic nitrogens is 1. The van der Waals surface area contributed by atoms with Gasteiger partial charge in [0.2, 0.25) is 0 Å². The van der Waals surface area contributed by atoms with Crippen molar-refractivity contribution in [3.63, 3.8) is 0 Å². The first-order chi connectivity index (χ1) is 12.3. The van der Waals surface area contributed by atoms with E-state index in [1.54, 1.807) is 12.3 Å². The quantitative estimate of drug-likeness (QED) is 0.877. The number of hydrogen-bond donors (Lipinski definition) is 1. The molecule has 1 aliphatic rings. The number of nitrogens with one attached hydrogen (secondary N) is 1. The summed E-state index contributed by atoms with van der Waals surface area (Å²) < 4.78 is 6.00. The predicted molar refractivity (Wildman–Crippen MR) is 98.6 cm³/mol. The van der Waals surface area contributed by atoms with E-state index in [0.717, 1.165) is 38.3 Å². The molecule has 0 saturated carbocycles. The number of anilines is 1. The van der Waals surface area contributed by atoms with Crippen molar-refractivity contribution in [2.45, 2.75) is 32.5 Å². The van der Waals surface area contributed by atoms with Gasteiger partial charge in [0.25, 0.3) is 5.91 Å². The standard InChI is InChI=1S/C20H25N3O2/c1-2-21-19-14-17(8-11-22-19)20(24)23-12-9-18(10-13-23)25-15-16-6-4-3-5-7-16/h3-8,11,14,18H,2,9-10,12-13,15H2,1H3,(H,21,22). The first-order valence-electron chi connectivity index (χ1n) is 8.91. The van der Waals surface area contributed by atoms with Crippen LogP contribution in [0.3, 0.4) is 0 Å². The Morgan fingerprint density at radius 3 is 2.72 bits per heavy atom. The lowest BCUT2D eigenvalue weighted by molar-refractivity contribution is -0.000381. The van der Waals surface area contributed by atoms with Crippen molar-refractivity contribution < 1.29 is 9.53 Å². The van der Waals surface area contributed by atoms with E-state index in [2.05, 4.69) is 22.4 Å². The number of nitrogens with zero attached hydrogens (tertiary/aromatic N) is 2. The molecule has 1 fully saturated rings. The van der Waals surface area contributed by atoms with Crippen LogP contribution in [-0.2, 0) is 11.3 Å². The summed E-state index contributed by atoms with van der Waals surface area (Å²) in [4.78, 5) is 18.8. The number of piperidine rings is 1. The second kappa shape index (κ2) is 8.62. The molecule has 5 heteroatoms. The molecule has 3 rings (SSSR count). The van der Waals surface area contributed by atoms with Crippen LogP contribution in [-0.4, -0.2) is 41.5 Å². The van der Waals surface area contributed by atoms with Crippen molar-refractivity contribution >= 4 is 11.7 Å². The normalized spacial score (nSPS) is 15.2. The van der Waals surface area contributed by atoms with Gasteiger partial charge < -0.3 is 15.0 Å². The highest BCUT2D eigenvalue weighted by Crippen LogP contribution is 2.18. The molecular formula is C20H25N3O2. The van der Waals surface area contributed by atoms with Gasteiger partial charge in [-0.3, -0.25) is 4.79 Å². The first kappa shape index (κ1) is 17.4. The average Bonchev–Trinajstić information content (AvgIpc) is 2.67. The average molecular weight is 339 g/mol. The first-order valence-corrected chi connectivity index (χ1v) is 8.91. The van der Waals surface area contributed by atoms with E-state index in [9.17, 15) is 4.79 Å². The van der Waals surface area contributed by atoms with E-state index < -0.39 is 0 Å². The van der Waals surface area contributed by atoms with Crippen LogP contribution < -0.4 is 5.32 Å². The van der Waals surface area contributed by atoms with Crippen LogP contribution in [0.2, 0.25) is 0 Å². The van der Waals surface area contributed by atoms with Gasteiger partial charge in [-0.05, 0) is 37.5 Å². The zero-order valence-corrected chi connectivity index (χ0v) is 14.6. The molecule has 0 unspecified atom stereocenters. The van der Waals surface area contributed by atoms with Gasteiger partial charge in [0.05, 0.1) is 12.7 Å². The summed E-state index contributed by atoms with van der Waals surface area (Å²) in [5.74, 6) is 0.817. The molecule has 1 saturated heterocycles. The van der Waals surface area contributed by atoms with E-state index in [1.165, 1.54) is 5.56 Å². The number of pyridine rings is 1. The predicted octanol–water partition coefficient (Wildman–Crippen LogP) is 3.33. The fraction of sp³-hybridized carbons (Fsp3) is 0.400. The number of amides is 1. The molecule has 2 heterocycles. The summed E-state index contributed by atoms with van der Waals surface area (Å²) in [6.07, 6.45) is 3.66. The molecule has 1 aliphatic heterocycles. The maximum Gasteiger partial charge on any atom is 0.254 e. The summed E-state index contributed by atoms with van der Waals surface area (Å²) in [5, 5.41) is 3.14. The van der Waals surface area contributed by atoms with Crippen molar-refractivity contribution in [1.29, 1.82) is 0 Å². The lowest BCUT2D eigenvalue weighted by atomic mass is 10.1. The maximum atomic E-state index is 12.7. The Bertz CT molecular complexity index is 682. The van der Waals surface area contributed by atoms with Crippen LogP contribution in [0.15, 0.2) is 48.7 Å². The monoisotopic (exact) mass is 339 g/mol. The summed E-state index contributed by atoms with van der Waals surface area (Å²) in [6.45, 7) is 4.90. The molecule has 0 bridgehead atoms. The van der Waals surface area contributed by atoms with Crippen molar-refractivity contribution in [2.24, 2.45) is 0 Å². The lowest BCUT2D eigenvalue weighted by Crippen LogP contribution is -2.40. The van der Waals surface area contributed by atoms with E-state index in [-0.39, 0.29) is 12.0 Å². The van der Waals surface area contributed by atoms with E-state index in [1.807, 2.05) is 36.1 Å². The molecule has 1 N–H and O–H groups in total. The van der Waals surface area contributed by atoms with Gasteiger partial charge in [-0.25, -0.2) is 4.98 Å². The van der Waals surface area contributed by atoms with Crippen LogP contribution in [0.25, 0.3) is 0 Å². The van der Waals surface area contributed by atoms with E-state index in [4.69, 9.17) is 4.74 Å². The number of carbonyl (C=O) groups is 1. The molecular weight excluding hydrogens is 314 g/mol. The molecule has 25 heavy (non-hydrogen) atoms. The number of ether oxygens (including phenoxy) is 1. The molecule has 2 aromatic rings. The van der Waals surface area contributed by atoms with Crippen LogP contribution in [0, 0.1) is 0 Å². The Morgan fingerprint density at radius 2 is 2.00 bits per heavy atom. The second-order valence-electron chi connectivity index (χ2n) is 6.25. The number of carbonyl (C=O) groups excluding carboxylic acids is 1. The van der Waals surface area contributed by atoms with Crippen molar-refractivity contribution in [2.75, 3.05) is 25.0 Å². The zero-order chi connectivity index (χ0) is 17.5. The van der Waals surface area contributed by atoms with Gasteiger partial charge in [0.1, 0.15) is 5.82 Å². The third-order valence-corrected chi connectivity index (χ3v) is 4.42. The second-order valence-corrected chi connectivity index (χ2v) is 6.25. The van der Waals surface area contributed by atoms with Crippen molar-refractivity contribution in [3.8, 4) is 0 Å². The molecule has 0 atom stereocenters. The SMILES string of the molecule is CCNc1cc(C(=O)N2CCC(OCc3ccccc3)CC2)ccn1. The fourth-order valence-corrected chi connectivity index (χ4v) is 3.04. The topological polar surface area (TPSA) is 54.5 Å². The molecule has 5 nitrogen and oxygen atoms in total. The van der Waals surface area contributed by atoms with E-state index >= 15 is 0 Å². The van der Waals surface area contributed by atoms with Crippen LogP contribution >= 0.6 is 0 Å². The summed E-state index contributed by atoms with van der Waals surface area (Å²) >= 11 is 0. The Morgan fingerprint density at radius 1 is 1.24 bits per heavy atom. The van der Waals surface area contributed by atoms with Crippen LogP contribution in [0.1, 0.15) is 35.7 Å². The number of rotatable bonds is 6. The number of benzene rings is 1. The molecule has 0 spiro atoms. The Hall–Kier alpha value is -2.40. The lowest BCUT2D eigenvalue weighted by Gasteiger charge is -2.32. The maximum absolute atomic E-state index is 12.7. The minimum absolute atomic E-state index is 0.0723. The van der Waals surface area contributed by atoms with Gasteiger partial charge in [0, 0.05) is 31.4 Å².